The summed E-state index contributed by atoms with van der Waals surface area (Å²) >= 11 is 0. The summed E-state index contributed by atoms with van der Waals surface area (Å²) in [5, 5.41) is 3.32. The Kier molecular flexibility index (Phi) is 4.78. The van der Waals surface area contributed by atoms with E-state index in [1.807, 2.05) is 0 Å². The molecule has 94 valence electrons. The first-order valence-corrected chi connectivity index (χ1v) is 6.57. The average molecular weight is 226 g/mol. The fourth-order valence-electron chi connectivity index (χ4n) is 2.77. The average Bonchev–Trinajstić information content (AvgIpc) is 2.61. The maximum Gasteiger partial charge on any atom is 0.238 e. The molecule has 1 amide bonds. The molecule has 0 saturated carbocycles. The molecule has 0 radical (unpaired) electrons. The first kappa shape index (κ1) is 13.5. The SMILES string of the molecule is CCC(CC)C(C)N1C(=O)CNC1C(C)C. The number of nitrogens with one attached hydrogen (secondary N) is 1. The number of hydrogen-bond acceptors (Lipinski definition) is 2. The highest BCUT2D eigenvalue weighted by molar-refractivity contribution is 5.81. The Morgan fingerprint density at radius 3 is 2.31 bits per heavy atom. The van der Waals surface area contributed by atoms with Gasteiger partial charge in [0.15, 0.2) is 0 Å². The standard InChI is InChI=1S/C13H26N2O/c1-6-11(7-2)10(5)15-12(16)8-14-13(15)9(3)4/h9-11,13-14H,6-8H2,1-5H3. The smallest absolute Gasteiger partial charge is 0.238 e. The van der Waals surface area contributed by atoms with Crippen LogP contribution in [0.1, 0.15) is 47.5 Å². The molecule has 1 N–H and O–H groups in total. The van der Waals surface area contributed by atoms with E-state index in [4.69, 9.17) is 0 Å². The number of hydrogen-bond donors (Lipinski definition) is 1. The Morgan fingerprint density at radius 1 is 1.31 bits per heavy atom. The minimum atomic E-state index is 0.225. The first-order valence-electron chi connectivity index (χ1n) is 6.57. The van der Waals surface area contributed by atoms with E-state index in [9.17, 15) is 4.79 Å². The van der Waals surface area contributed by atoms with Crippen molar-refractivity contribution in [2.75, 3.05) is 6.54 Å². The van der Waals surface area contributed by atoms with E-state index >= 15 is 0 Å². The number of rotatable bonds is 5. The van der Waals surface area contributed by atoms with Crippen LogP contribution in [-0.2, 0) is 4.79 Å². The van der Waals surface area contributed by atoms with Gasteiger partial charge in [-0.3, -0.25) is 10.1 Å². The second-order valence-electron chi connectivity index (χ2n) is 5.19. The van der Waals surface area contributed by atoms with Gasteiger partial charge in [0.25, 0.3) is 0 Å². The Hall–Kier alpha value is -0.570. The van der Waals surface area contributed by atoms with Gasteiger partial charge >= 0.3 is 0 Å². The highest BCUT2D eigenvalue weighted by atomic mass is 16.2. The van der Waals surface area contributed by atoms with Gasteiger partial charge < -0.3 is 4.90 Å². The van der Waals surface area contributed by atoms with Crippen LogP contribution in [0.4, 0.5) is 0 Å². The van der Waals surface area contributed by atoms with E-state index in [0.717, 1.165) is 12.8 Å². The molecular weight excluding hydrogens is 200 g/mol. The van der Waals surface area contributed by atoms with Crippen molar-refractivity contribution in [3.63, 3.8) is 0 Å². The second-order valence-corrected chi connectivity index (χ2v) is 5.19. The van der Waals surface area contributed by atoms with Crippen LogP contribution in [0.2, 0.25) is 0 Å². The lowest BCUT2D eigenvalue weighted by atomic mass is 9.93. The van der Waals surface area contributed by atoms with Crippen molar-refractivity contribution in [1.29, 1.82) is 0 Å². The third-order valence-corrected chi connectivity index (χ3v) is 3.85. The highest BCUT2D eigenvalue weighted by Crippen LogP contribution is 2.24. The van der Waals surface area contributed by atoms with E-state index < -0.39 is 0 Å². The van der Waals surface area contributed by atoms with Gasteiger partial charge in [-0.1, -0.05) is 40.5 Å². The van der Waals surface area contributed by atoms with Crippen LogP contribution in [0.15, 0.2) is 0 Å². The normalized spacial score (nSPS) is 23.6. The molecule has 1 saturated heterocycles. The lowest BCUT2D eigenvalue weighted by Gasteiger charge is -2.36. The summed E-state index contributed by atoms with van der Waals surface area (Å²) in [7, 11) is 0. The molecule has 0 aromatic rings. The summed E-state index contributed by atoms with van der Waals surface area (Å²) in [6.45, 7) is 11.5. The van der Waals surface area contributed by atoms with Gasteiger partial charge in [-0.15, -0.1) is 0 Å². The summed E-state index contributed by atoms with van der Waals surface area (Å²) < 4.78 is 0. The molecule has 2 atom stereocenters. The quantitative estimate of drug-likeness (QED) is 0.779. The van der Waals surface area contributed by atoms with Crippen LogP contribution in [0.25, 0.3) is 0 Å². The topological polar surface area (TPSA) is 32.3 Å². The molecule has 1 rings (SSSR count). The van der Waals surface area contributed by atoms with E-state index in [-0.39, 0.29) is 12.1 Å². The van der Waals surface area contributed by atoms with Crippen molar-refractivity contribution in [3.05, 3.63) is 0 Å². The molecule has 1 heterocycles. The summed E-state index contributed by atoms with van der Waals surface area (Å²) in [4.78, 5) is 14.0. The molecular formula is C13H26N2O. The number of carbonyl (C=O) groups excluding carboxylic acids is 1. The zero-order valence-electron chi connectivity index (χ0n) is 11.3. The lowest BCUT2D eigenvalue weighted by molar-refractivity contribution is -0.131. The van der Waals surface area contributed by atoms with Gasteiger partial charge in [0.2, 0.25) is 5.91 Å². The third kappa shape index (κ3) is 2.57. The van der Waals surface area contributed by atoms with E-state index in [1.165, 1.54) is 0 Å². The third-order valence-electron chi connectivity index (χ3n) is 3.85. The van der Waals surface area contributed by atoms with Gasteiger partial charge in [0.1, 0.15) is 0 Å². The van der Waals surface area contributed by atoms with Gasteiger partial charge in [0.05, 0.1) is 12.7 Å². The number of carbonyl (C=O) groups is 1. The highest BCUT2D eigenvalue weighted by Gasteiger charge is 2.37. The Bertz CT molecular complexity index is 236. The molecule has 16 heavy (non-hydrogen) atoms. The van der Waals surface area contributed by atoms with Gasteiger partial charge in [-0.25, -0.2) is 0 Å². The Morgan fingerprint density at radius 2 is 1.88 bits per heavy atom. The van der Waals surface area contributed by atoms with Crippen LogP contribution in [-0.4, -0.2) is 29.6 Å². The Labute approximate surface area is 99.6 Å². The molecule has 1 aliphatic heterocycles. The zero-order chi connectivity index (χ0) is 12.3. The summed E-state index contributed by atoms with van der Waals surface area (Å²) in [6.07, 6.45) is 2.52. The van der Waals surface area contributed by atoms with Gasteiger partial charge in [-0.05, 0) is 18.8 Å². The summed E-state index contributed by atoms with van der Waals surface area (Å²) in [6, 6.07) is 0.352. The number of amides is 1. The molecule has 0 spiro atoms. The molecule has 1 aliphatic rings. The van der Waals surface area contributed by atoms with Crippen LogP contribution >= 0.6 is 0 Å². The second kappa shape index (κ2) is 5.67. The zero-order valence-corrected chi connectivity index (χ0v) is 11.3. The molecule has 2 unspecified atom stereocenters. The predicted molar refractivity (Wildman–Crippen MR) is 67.0 cm³/mol. The molecule has 0 aromatic heterocycles. The molecule has 0 bridgehead atoms. The maximum absolute atomic E-state index is 11.9. The molecule has 3 nitrogen and oxygen atoms in total. The van der Waals surface area contributed by atoms with Crippen molar-refractivity contribution in [1.82, 2.24) is 10.2 Å². The van der Waals surface area contributed by atoms with Crippen molar-refractivity contribution in [2.45, 2.75) is 59.7 Å². The minimum absolute atomic E-state index is 0.225. The lowest BCUT2D eigenvalue weighted by Crippen LogP contribution is -2.48. The monoisotopic (exact) mass is 226 g/mol. The van der Waals surface area contributed by atoms with Crippen molar-refractivity contribution < 1.29 is 4.79 Å². The minimum Gasteiger partial charge on any atom is -0.323 e. The van der Waals surface area contributed by atoms with Crippen LogP contribution in [0, 0.1) is 11.8 Å². The largest absolute Gasteiger partial charge is 0.323 e. The summed E-state index contributed by atoms with van der Waals surface area (Å²) in [5.74, 6) is 1.35. The van der Waals surface area contributed by atoms with Crippen molar-refractivity contribution >= 4 is 5.91 Å². The number of nitrogens with zero attached hydrogens (tertiary/aromatic N) is 1. The maximum atomic E-state index is 11.9. The van der Waals surface area contributed by atoms with Crippen LogP contribution in [0.5, 0.6) is 0 Å². The fraction of sp³-hybridized carbons (Fsp3) is 0.923. The van der Waals surface area contributed by atoms with Crippen LogP contribution in [0.3, 0.4) is 0 Å². The molecule has 1 fully saturated rings. The first-order chi connectivity index (χ1) is 7.52. The van der Waals surface area contributed by atoms with Gasteiger partial charge in [0, 0.05) is 6.04 Å². The van der Waals surface area contributed by atoms with Crippen LogP contribution < -0.4 is 5.32 Å². The molecule has 0 aromatic carbocycles. The van der Waals surface area contributed by atoms with Crippen molar-refractivity contribution in [2.24, 2.45) is 11.8 Å². The van der Waals surface area contributed by atoms with E-state index in [1.54, 1.807) is 0 Å². The molecule has 0 aliphatic carbocycles. The summed E-state index contributed by atoms with van der Waals surface area (Å²) in [5.41, 5.74) is 0. The Balaban J connectivity index is 2.78. The van der Waals surface area contributed by atoms with E-state index in [0.29, 0.717) is 24.4 Å². The van der Waals surface area contributed by atoms with Crippen molar-refractivity contribution in [3.8, 4) is 0 Å². The molecule has 3 heteroatoms. The predicted octanol–water partition coefficient (Wildman–Crippen LogP) is 2.22. The van der Waals surface area contributed by atoms with E-state index in [2.05, 4.69) is 44.8 Å². The van der Waals surface area contributed by atoms with Gasteiger partial charge in [-0.2, -0.15) is 0 Å². The fourth-order valence-corrected chi connectivity index (χ4v) is 2.77.